The van der Waals surface area contributed by atoms with Crippen molar-refractivity contribution in [3.05, 3.63) is 120 Å². The maximum Gasteiger partial charge on any atom is 0.276 e. The molecule has 1 unspecified atom stereocenters. The van der Waals surface area contributed by atoms with Crippen LogP contribution in [0.4, 0.5) is 0 Å². The number of amides is 1. The number of allylic oxidation sites excluding steroid dienone is 2. The minimum absolute atomic E-state index is 0.499. The molecule has 0 saturated heterocycles. The Kier molecular flexibility index (Phi) is 7.09. The van der Waals surface area contributed by atoms with Crippen LogP contribution in [-0.4, -0.2) is 16.7 Å². The van der Waals surface area contributed by atoms with Gasteiger partial charge >= 0.3 is 0 Å². The summed E-state index contributed by atoms with van der Waals surface area (Å²) in [6.07, 6.45) is 7.45. The molecular formula is C26H24N2O2. The lowest BCUT2D eigenvalue weighted by Gasteiger charge is -2.21. The number of hydrogen-bond donors (Lipinski definition) is 2. The highest BCUT2D eigenvalue weighted by Crippen LogP contribution is 2.20. The van der Waals surface area contributed by atoms with Gasteiger partial charge in [0, 0.05) is 0 Å². The third-order valence-corrected chi connectivity index (χ3v) is 4.56. The van der Waals surface area contributed by atoms with E-state index in [1.165, 1.54) is 6.92 Å². The molecule has 0 bridgehead atoms. The molecule has 150 valence electrons. The summed E-state index contributed by atoms with van der Waals surface area (Å²) >= 11 is 0. The van der Waals surface area contributed by atoms with Crippen LogP contribution in [0.5, 0.6) is 0 Å². The molecule has 2 N–H and O–H groups in total. The summed E-state index contributed by atoms with van der Waals surface area (Å²) in [5.41, 5.74) is 3.87. The van der Waals surface area contributed by atoms with Crippen LogP contribution in [0.15, 0.2) is 108 Å². The quantitative estimate of drug-likeness (QED) is 0.445. The summed E-state index contributed by atoms with van der Waals surface area (Å²) in [6, 6.07) is 28.4. The summed E-state index contributed by atoms with van der Waals surface area (Å²) < 4.78 is 0. The topological polar surface area (TPSA) is 61.7 Å². The summed E-state index contributed by atoms with van der Waals surface area (Å²) in [5.74, 6) is -0.604. The van der Waals surface area contributed by atoms with Gasteiger partial charge in [-0.3, -0.25) is 4.79 Å². The number of nitrogens with zero attached hydrogens (tertiary/aromatic N) is 1. The molecular weight excluding hydrogens is 372 g/mol. The van der Waals surface area contributed by atoms with Crippen LogP contribution in [-0.2, 0) is 10.4 Å². The van der Waals surface area contributed by atoms with E-state index in [0.717, 1.165) is 11.1 Å². The number of hydrazone groups is 1. The highest BCUT2D eigenvalue weighted by atomic mass is 16.3. The second kappa shape index (κ2) is 10.1. The fourth-order valence-electron chi connectivity index (χ4n) is 2.74. The predicted molar refractivity (Wildman–Crippen MR) is 123 cm³/mol. The molecule has 1 atom stereocenters. The molecule has 0 aliphatic carbocycles. The molecule has 0 spiro atoms. The van der Waals surface area contributed by atoms with Crippen molar-refractivity contribution < 1.29 is 9.90 Å². The average Bonchev–Trinajstić information content (AvgIpc) is 2.80. The van der Waals surface area contributed by atoms with Gasteiger partial charge in [-0.1, -0.05) is 103 Å². The second-order valence-corrected chi connectivity index (χ2v) is 6.90. The van der Waals surface area contributed by atoms with Crippen molar-refractivity contribution in [2.24, 2.45) is 5.10 Å². The first-order valence-corrected chi connectivity index (χ1v) is 9.68. The summed E-state index contributed by atoms with van der Waals surface area (Å²) in [6.45, 7) is 1.45. The summed E-state index contributed by atoms with van der Waals surface area (Å²) in [7, 11) is 0. The van der Waals surface area contributed by atoms with Crippen molar-refractivity contribution in [1.29, 1.82) is 0 Å². The first-order chi connectivity index (χ1) is 14.6. The fraction of sp³-hybridized carbons (Fsp3) is 0.0769. The van der Waals surface area contributed by atoms with Crippen molar-refractivity contribution in [2.45, 2.75) is 12.5 Å². The molecule has 30 heavy (non-hydrogen) atoms. The third-order valence-electron chi connectivity index (χ3n) is 4.56. The maximum absolute atomic E-state index is 12.6. The molecule has 3 aromatic rings. The van der Waals surface area contributed by atoms with E-state index in [9.17, 15) is 9.90 Å². The summed E-state index contributed by atoms with van der Waals surface area (Å²) in [5, 5.41) is 14.9. The van der Waals surface area contributed by atoms with Gasteiger partial charge in [0.25, 0.3) is 5.91 Å². The normalized spacial score (nSPS) is 13.1. The van der Waals surface area contributed by atoms with Gasteiger partial charge in [-0.05, 0) is 35.8 Å². The largest absolute Gasteiger partial charge is 0.375 e. The number of benzene rings is 3. The van der Waals surface area contributed by atoms with Crippen LogP contribution in [0.2, 0.25) is 0 Å². The minimum Gasteiger partial charge on any atom is -0.375 e. The zero-order chi connectivity index (χ0) is 21.2. The lowest BCUT2D eigenvalue weighted by atomic mass is 9.95. The van der Waals surface area contributed by atoms with E-state index < -0.39 is 11.5 Å². The first-order valence-electron chi connectivity index (χ1n) is 9.68. The van der Waals surface area contributed by atoms with Crippen LogP contribution >= 0.6 is 0 Å². The van der Waals surface area contributed by atoms with Crippen LogP contribution in [0.1, 0.15) is 23.6 Å². The molecule has 1 amide bonds. The SMILES string of the molecule is CC(O)(C(=O)NN=C(C=Cc1ccccc1)C=Cc1ccccc1)c1ccccc1. The standard InChI is InChI=1S/C26H24N2O2/c1-26(30,23-15-9-4-10-16-23)25(29)28-27-24(19-17-21-11-5-2-6-12-21)20-18-22-13-7-3-8-14-22/h2-20,30H,1H3,(H,28,29). The van der Waals surface area contributed by atoms with Gasteiger partial charge in [0.2, 0.25) is 0 Å². The van der Waals surface area contributed by atoms with Crippen molar-refractivity contribution >= 4 is 23.8 Å². The van der Waals surface area contributed by atoms with E-state index in [1.54, 1.807) is 24.3 Å². The van der Waals surface area contributed by atoms with Gasteiger partial charge in [0.15, 0.2) is 5.60 Å². The van der Waals surface area contributed by atoms with E-state index in [2.05, 4.69) is 10.5 Å². The molecule has 0 radical (unpaired) electrons. The molecule has 0 aromatic heterocycles. The van der Waals surface area contributed by atoms with Crippen LogP contribution in [0, 0.1) is 0 Å². The van der Waals surface area contributed by atoms with Gasteiger partial charge in [0.05, 0.1) is 5.71 Å². The van der Waals surface area contributed by atoms with E-state index in [-0.39, 0.29) is 0 Å². The smallest absolute Gasteiger partial charge is 0.276 e. The van der Waals surface area contributed by atoms with Gasteiger partial charge in [-0.2, -0.15) is 5.10 Å². The molecule has 4 nitrogen and oxygen atoms in total. The van der Waals surface area contributed by atoms with Gasteiger partial charge < -0.3 is 5.11 Å². The highest BCUT2D eigenvalue weighted by molar-refractivity contribution is 6.09. The Labute approximate surface area is 176 Å². The number of rotatable bonds is 7. The van der Waals surface area contributed by atoms with Gasteiger partial charge in [-0.15, -0.1) is 0 Å². The van der Waals surface area contributed by atoms with Crippen LogP contribution in [0.3, 0.4) is 0 Å². The van der Waals surface area contributed by atoms with Crippen molar-refractivity contribution in [2.75, 3.05) is 0 Å². The molecule has 0 fully saturated rings. The summed E-state index contributed by atoms with van der Waals surface area (Å²) in [4.78, 5) is 12.6. The van der Waals surface area contributed by atoms with Gasteiger partial charge in [0.1, 0.15) is 0 Å². The van der Waals surface area contributed by atoms with Crippen LogP contribution in [0.25, 0.3) is 12.2 Å². The van der Waals surface area contributed by atoms with Crippen molar-refractivity contribution in [3.8, 4) is 0 Å². The van der Waals surface area contributed by atoms with E-state index in [1.807, 2.05) is 91.0 Å². The molecule has 3 rings (SSSR count). The maximum atomic E-state index is 12.6. The molecule has 0 saturated carbocycles. The minimum atomic E-state index is -1.69. The van der Waals surface area contributed by atoms with E-state index >= 15 is 0 Å². The second-order valence-electron chi connectivity index (χ2n) is 6.90. The fourth-order valence-corrected chi connectivity index (χ4v) is 2.74. The molecule has 0 aliphatic heterocycles. The third kappa shape index (κ3) is 5.87. The Morgan fingerprint density at radius 3 is 1.70 bits per heavy atom. The average molecular weight is 396 g/mol. The monoisotopic (exact) mass is 396 g/mol. The number of carbonyl (C=O) groups is 1. The molecule has 3 aromatic carbocycles. The van der Waals surface area contributed by atoms with Crippen molar-refractivity contribution in [3.63, 3.8) is 0 Å². The molecule has 4 heteroatoms. The lowest BCUT2D eigenvalue weighted by Crippen LogP contribution is -2.40. The van der Waals surface area contributed by atoms with Gasteiger partial charge in [-0.25, -0.2) is 5.43 Å². The highest BCUT2D eigenvalue weighted by Gasteiger charge is 2.32. The number of nitrogens with one attached hydrogen (secondary N) is 1. The zero-order valence-electron chi connectivity index (χ0n) is 16.8. The Bertz CT molecular complexity index is 987. The molecule has 0 aliphatic rings. The van der Waals surface area contributed by atoms with E-state index in [4.69, 9.17) is 0 Å². The Hall–Kier alpha value is -3.76. The Morgan fingerprint density at radius 2 is 1.23 bits per heavy atom. The Morgan fingerprint density at radius 1 is 0.800 bits per heavy atom. The van der Waals surface area contributed by atoms with Crippen molar-refractivity contribution in [1.82, 2.24) is 5.43 Å². The Balaban J connectivity index is 1.81. The number of hydrogen-bond acceptors (Lipinski definition) is 3. The van der Waals surface area contributed by atoms with Crippen LogP contribution < -0.4 is 5.43 Å². The zero-order valence-corrected chi connectivity index (χ0v) is 16.8. The number of aliphatic hydroxyl groups is 1. The first kappa shape index (κ1) is 21.0. The predicted octanol–water partition coefficient (Wildman–Crippen LogP) is 4.79. The van der Waals surface area contributed by atoms with E-state index in [0.29, 0.717) is 11.3 Å². The number of carbonyl (C=O) groups excluding carboxylic acids is 1. The molecule has 0 heterocycles. The lowest BCUT2D eigenvalue weighted by molar-refractivity contribution is -0.138.